The second kappa shape index (κ2) is 4.18. The van der Waals surface area contributed by atoms with Gasteiger partial charge in [0.05, 0.1) is 11.9 Å². The Morgan fingerprint density at radius 1 is 1.25 bits per heavy atom. The van der Waals surface area contributed by atoms with Crippen LogP contribution >= 0.6 is 0 Å². The van der Waals surface area contributed by atoms with Crippen LogP contribution in [-0.4, -0.2) is 9.97 Å². The van der Waals surface area contributed by atoms with Gasteiger partial charge in [0, 0.05) is 5.69 Å². The second-order valence-electron chi connectivity index (χ2n) is 3.74. The first-order valence-corrected chi connectivity index (χ1v) is 5.08. The number of rotatable bonds is 2. The van der Waals surface area contributed by atoms with Gasteiger partial charge in [-0.15, -0.1) is 0 Å². The van der Waals surface area contributed by atoms with Crippen molar-refractivity contribution in [1.29, 1.82) is 0 Å². The fourth-order valence-corrected chi connectivity index (χ4v) is 1.44. The van der Waals surface area contributed by atoms with Crippen molar-refractivity contribution in [3.63, 3.8) is 0 Å². The number of aryl methyl sites for hydroxylation is 2. The van der Waals surface area contributed by atoms with Gasteiger partial charge in [-0.2, -0.15) is 0 Å². The Kier molecular flexibility index (Phi) is 2.72. The maximum atomic E-state index is 5.74. The maximum absolute atomic E-state index is 5.74. The van der Waals surface area contributed by atoms with Crippen molar-refractivity contribution in [2.45, 2.75) is 13.8 Å². The molecule has 2 aromatic rings. The molecule has 4 heteroatoms. The zero-order chi connectivity index (χ0) is 11.5. The van der Waals surface area contributed by atoms with Crippen LogP contribution in [-0.2, 0) is 0 Å². The Balaban J connectivity index is 2.30. The molecule has 2 rings (SSSR count). The van der Waals surface area contributed by atoms with Crippen LogP contribution in [0.15, 0.2) is 30.5 Å². The van der Waals surface area contributed by atoms with Crippen LogP contribution in [0.25, 0.3) is 0 Å². The van der Waals surface area contributed by atoms with Gasteiger partial charge in [0.15, 0.2) is 11.6 Å². The first kappa shape index (κ1) is 10.4. The van der Waals surface area contributed by atoms with Gasteiger partial charge in [0.2, 0.25) is 0 Å². The minimum atomic E-state index is 0.409. The third kappa shape index (κ3) is 2.28. The van der Waals surface area contributed by atoms with Gasteiger partial charge in [-0.05, 0) is 31.5 Å². The Morgan fingerprint density at radius 3 is 2.81 bits per heavy atom. The minimum absolute atomic E-state index is 0.409. The molecule has 4 nitrogen and oxygen atoms in total. The molecule has 0 saturated carbocycles. The van der Waals surface area contributed by atoms with Crippen LogP contribution in [0.4, 0.5) is 17.3 Å². The van der Waals surface area contributed by atoms with Crippen LogP contribution in [0.1, 0.15) is 11.3 Å². The minimum Gasteiger partial charge on any atom is -0.381 e. The summed E-state index contributed by atoms with van der Waals surface area (Å²) in [6.45, 7) is 3.92. The smallest absolute Gasteiger partial charge is 0.173 e. The highest BCUT2D eigenvalue weighted by Gasteiger charge is 2.02. The second-order valence-corrected chi connectivity index (χ2v) is 3.74. The number of hydrogen-bond acceptors (Lipinski definition) is 4. The fraction of sp³-hybridized carbons (Fsp3) is 0.167. The summed E-state index contributed by atoms with van der Waals surface area (Å²) in [7, 11) is 0. The van der Waals surface area contributed by atoms with E-state index in [0.29, 0.717) is 11.6 Å². The van der Waals surface area contributed by atoms with Gasteiger partial charge in [-0.3, -0.25) is 0 Å². The van der Waals surface area contributed by atoms with Crippen LogP contribution in [0.5, 0.6) is 0 Å². The molecule has 0 amide bonds. The average molecular weight is 214 g/mol. The Bertz CT molecular complexity index is 508. The van der Waals surface area contributed by atoms with Gasteiger partial charge in [-0.1, -0.05) is 12.1 Å². The van der Waals surface area contributed by atoms with E-state index in [1.807, 2.05) is 38.1 Å². The van der Waals surface area contributed by atoms with Crippen molar-refractivity contribution < 1.29 is 0 Å². The number of nitrogens with zero attached hydrogens (tertiary/aromatic N) is 2. The van der Waals surface area contributed by atoms with E-state index in [0.717, 1.165) is 11.4 Å². The first-order valence-electron chi connectivity index (χ1n) is 5.08. The van der Waals surface area contributed by atoms with Gasteiger partial charge >= 0.3 is 0 Å². The largest absolute Gasteiger partial charge is 0.381 e. The lowest BCUT2D eigenvalue weighted by molar-refractivity contribution is 1.13. The zero-order valence-corrected chi connectivity index (χ0v) is 9.36. The van der Waals surface area contributed by atoms with E-state index in [2.05, 4.69) is 15.3 Å². The fourth-order valence-electron chi connectivity index (χ4n) is 1.44. The summed E-state index contributed by atoms with van der Waals surface area (Å²) in [5.74, 6) is 1.01. The van der Waals surface area contributed by atoms with Crippen LogP contribution < -0.4 is 11.1 Å². The molecule has 3 N–H and O–H groups in total. The molecule has 1 heterocycles. The lowest BCUT2D eigenvalue weighted by Gasteiger charge is -2.08. The number of nitrogens with two attached hydrogens (primary N) is 1. The molecule has 0 radical (unpaired) electrons. The molecule has 82 valence electrons. The molecule has 0 aliphatic carbocycles. The van der Waals surface area contributed by atoms with Crippen molar-refractivity contribution in [2.24, 2.45) is 0 Å². The van der Waals surface area contributed by atoms with E-state index in [1.165, 1.54) is 5.56 Å². The molecule has 0 bridgehead atoms. The number of aromatic nitrogens is 2. The first-order chi connectivity index (χ1) is 7.65. The summed E-state index contributed by atoms with van der Waals surface area (Å²) in [6, 6.07) is 8.02. The van der Waals surface area contributed by atoms with Crippen molar-refractivity contribution in [3.8, 4) is 0 Å². The van der Waals surface area contributed by atoms with Crippen molar-refractivity contribution in [2.75, 3.05) is 11.1 Å². The molecule has 0 atom stereocenters. The normalized spacial score (nSPS) is 10.1. The highest BCUT2D eigenvalue weighted by atomic mass is 15.1. The molecule has 16 heavy (non-hydrogen) atoms. The molecule has 0 spiro atoms. The van der Waals surface area contributed by atoms with E-state index in [1.54, 1.807) is 6.20 Å². The quantitative estimate of drug-likeness (QED) is 0.805. The SMILES string of the molecule is Cc1cccc(Nc2nc(C)cnc2N)c1. The molecule has 0 saturated heterocycles. The van der Waals surface area contributed by atoms with Crippen molar-refractivity contribution >= 4 is 17.3 Å². The van der Waals surface area contributed by atoms with E-state index in [4.69, 9.17) is 5.73 Å². The Morgan fingerprint density at radius 2 is 2.06 bits per heavy atom. The summed E-state index contributed by atoms with van der Waals surface area (Å²) in [6.07, 6.45) is 1.65. The molecule has 1 aromatic carbocycles. The lowest BCUT2D eigenvalue weighted by Crippen LogP contribution is -2.02. The summed E-state index contributed by atoms with van der Waals surface area (Å²) in [5, 5.41) is 3.16. The van der Waals surface area contributed by atoms with Gasteiger partial charge < -0.3 is 11.1 Å². The molecule has 0 aliphatic heterocycles. The highest BCUT2D eigenvalue weighted by Crippen LogP contribution is 2.19. The Hall–Kier alpha value is -2.10. The van der Waals surface area contributed by atoms with Gasteiger partial charge in [-0.25, -0.2) is 9.97 Å². The molecule has 0 fully saturated rings. The Labute approximate surface area is 94.5 Å². The van der Waals surface area contributed by atoms with Crippen LogP contribution in [0.3, 0.4) is 0 Å². The summed E-state index contributed by atoms with van der Waals surface area (Å²) in [4.78, 5) is 8.35. The molecular weight excluding hydrogens is 200 g/mol. The van der Waals surface area contributed by atoms with Crippen molar-refractivity contribution in [1.82, 2.24) is 9.97 Å². The van der Waals surface area contributed by atoms with Gasteiger partial charge in [0.1, 0.15) is 0 Å². The van der Waals surface area contributed by atoms with Crippen LogP contribution in [0.2, 0.25) is 0 Å². The highest BCUT2D eigenvalue weighted by molar-refractivity contribution is 5.65. The summed E-state index contributed by atoms with van der Waals surface area (Å²) in [5.41, 5.74) is 8.73. The third-order valence-electron chi connectivity index (χ3n) is 2.20. The van der Waals surface area contributed by atoms with E-state index in [-0.39, 0.29) is 0 Å². The van der Waals surface area contributed by atoms with E-state index < -0.39 is 0 Å². The number of hydrogen-bond donors (Lipinski definition) is 2. The zero-order valence-electron chi connectivity index (χ0n) is 9.36. The molecule has 0 unspecified atom stereocenters. The monoisotopic (exact) mass is 214 g/mol. The standard InChI is InChI=1S/C12H14N4/c1-8-4-3-5-10(6-8)16-12-11(13)14-7-9(2)15-12/h3-7H,1-2H3,(H2,13,14)(H,15,16). The van der Waals surface area contributed by atoms with E-state index >= 15 is 0 Å². The third-order valence-corrected chi connectivity index (χ3v) is 2.20. The van der Waals surface area contributed by atoms with Crippen molar-refractivity contribution in [3.05, 3.63) is 41.7 Å². The predicted octanol–water partition coefficient (Wildman–Crippen LogP) is 2.42. The molecule has 1 aromatic heterocycles. The number of anilines is 3. The molecular formula is C12H14N4. The molecule has 0 aliphatic rings. The van der Waals surface area contributed by atoms with E-state index in [9.17, 15) is 0 Å². The summed E-state index contributed by atoms with van der Waals surface area (Å²) < 4.78 is 0. The summed E-state index contributed by atoms with van der Waals surface area (Å²) >= 11 is 0. The topological polar surface area (TPSA) is 63.8 Å². The average Bonchev–Trinajstić information content (AvgIpc) is 2.24. The number of nitrogens with one attached hydrogen (secondary N) is 1. The van der Waals surface area contributed by atoms with Gasteiger partial charge in [0.25, 0.3) is 0 Å². The number of benzene rings is 1. The van der Waals surface area contributed by atoms with Crippen LogP contribution in [0, 0.1) is 13.8 Å². The predicted molar refractivity (Wildman–Crippen MR) is 65.6 cm³/mol. The lowest BCUT2D eigenvalue weighted by atomic mass is 10.2. The maximum Gasteiger partial charge on any atom is 0.173 e. The number of nitrogen functional groups attached to an aromatic ring is 1.